The standard InChI is InChI=1S/C15H21ClN2O/c1-11-5-6-12(16)10-14(11)18-15(19)8-7-13-4-2-3-9-17-13/h5-6,10,13,17H,2-4,7-9H2,1H3,(H,18,19). The van der Waals surface area contributed by atoms with Gasteiger partial charge in [0.25, 0.3) is 0 Å². The van der Waals surface area contributed by atoms with Crippen molar-refractivity contribution in [1.29, 1.82) is 0 Å². The SMILES string of the molecule is Cc1ccc(Cl)cc1NC(=O)CCC1CCCCN1. The summed E-state index contributed by atoms with van der Waals surface area (Å²) in [5.74, 6) is 0.0674. The lowest BCUT2D eigenvalue weighted by Gasteiger charge is -2.23. The molecule has 1 atom stereocenters. The molecule has 2 N–H and O–H groups in total. The Bertz CT molecular complexity index is 442. The second kappa shape index (κ2) is 6.92. The molecule has 4 heteroatoms. The second-order valence-electron chi connectivity index (χ2n) is 5.19. The first kappa shape index (κ1) is 14.4. The van der Waals surface area contributed by atoms with Crippen molar-refractivity contribution >= 4 is 23.2 Å². The van der Waals surface area contributed by atoms with Gasteiger partial charge in [-0.25, -0.2) is 0 Å². The van der Waals surface area contributed by atoms with Crippen LogP contribution >= 0.6 is 11.6 Å². The van der Waals surface area contributed by atoms with Gasteiger partial charge in [0.2, 0.25) is 5.91 Å². The summed E-state index contributed by atoms with van der Waals surface area (Å²) in [5, 5.41) is 7.05. The maximum absolute atomic E-state index is 11.9. The Morgan fingerprint density at radius 3 is 3.05 bits per heavy atom. The lowest BCUT2D eigenvalue weighted by molar-refractivity contribution is -0.116. The Labute approximate surface area is 119 Å². The maximum Gasteiger partial charge on any atom is 0.224 e. The van der Waals surface area contributed by atoms with E-state index in [0.717, 1.165) is 24.2 Å². The summed E-state index contributed by atoms with van der Waals surface area (Å²) in [4.78, 5) is 11.9. The van der Waals surface area contributed by atoms with Crippen LogP contribution in [0.2, 0.25) is 5.02 Å². The molecule has 0 saturated carbocycles. The van der Waals surface area contributed by atoms with E-state index in [1.165, 1.54) is 19.3 Å². The van der Waals surface area contributed by atoms with E-state index >= 15 is 0 Å². The number of hydrogen-bond acceptors (Lipinski definition) is 2. The molecule has 1 aliphatic rings. The van der Waals surface area contributed by atoms with Crippen LogP contribution in [0.5, 0.6) is 0 Å². The van der Waals surface area contributed by atoms with Crippen LogP contribution < -0.4 is 10.6 Å². The molecule has 1 amide bonds. The van der Waals surface area contributed by atoms with E-state index in [1.54, 1.807) is 6.07 Å². The minimum absolute atomic E-state index is 0.0674. The Balaban J connectivity index is 1.81. The molecule has 2 rings (SSSR count). The van der Waals surface area contributed by atoms with E-state index < -0.39 is 0 Å². The van der Waals surface area contributed by atoms with Crippen molar-refractivity contribution in [2.45, 2.75) is 45.1 Å². The zero-order chi connectivity index (χ0) is 13.7. The van der Waals surface area contributed by atoms with E-state index in [1.807, 2.05) is 19.1 Å². The molecule has 1 aromatic rings. The van der Waals surface area contributed by atoms with Crippen molar-refractivity contribution in [2.24, 2.45) is 0 Å². The topological polar surface area (TPSA) is 41.1 Å². The Kier molecular flexibility index (Phi) is 5.23. The number of amides is 1. The number of carbonyl (C=O) groups is 1. The quantitative estimate of drug-likeness (QED) is 0.886. The Morgan fingerprint density at radius 2 is 2.32 bits per heavy atom. The molecule has 1 aromatic carbocycles. The van der Waals surface area contributed by atoms with Gasteiger partial charge in [0.1, 0.15) is 0 Å². The van der Waals surface area contributed by atoms with Crippen LogP contribution in [-0.2, 0) is 4.79 Å². The molecular weight excluding hydrogens is 260 g/mol. The highest BCUT2D eigenvalue weighted by Crippen LogP contribution is 2.20. The van der Waals surface area contributed by atoms with Crippen LogP contribution in [0.15, 0.2) is 18.2 Å². The summed E-state index contributed by atoms with van der Waals surface area (Å²) in [6.07, 6.45) is 5.18. The van der Waals surface area contributed by atoms with Gasteiger partial charge in [-0.2, -0.15) is 0 Å². The summed E-state index contributed by atoms with van der Waals surface area (Å²) >= 11 is 5.94. The Morgan fingerprint density at radius 1 is 1.47 bits per heavy atom. The van der Waals surface area contributed by atoms with Gasteiger partial charge in [-0.1, -0.05) is 24.1 Å². The fourth-order valence-corrected chi connectivity index (χ4v) is 2.59. The van der Waals surface area contributed by atoms with E-state index in [0.29, 0.717) is 17.5 Å². The fraction of sp³-hybridized carbons (Fsp3) is 0.533. The van der Waals surface area contributed by atoms with Gasteiger partial charge in [0.15, 0.2) is 0 Å². The molecule has 1 fully saturated rings. The van der Waals surface area contributed by atoms with E-state index in [-0.39, 0.29) is 5.91 Å². The minimum atomic E-state index is 0.0674. The smallest absolute Gasteiger partial charge is 0.224 e. The zero-order valence-electron chi connectivity index (χ0n) is 11.3. The number of nitrogens with one attached hydrogen (secondary N) is 2. The third-order valence-corrected chi connectivity index (χ3v) is 3.84. The first-order valence-electron chi connectivity index (χ1n) is 6.94. The number of carbonyl (C=O) groups excluding carboxylic acids is 1. The van der Waals surface area contributed by atoms with Gasteiger partial charge >= 0.3 is 0 Å². The molecule has 0 radical (unpaired) electrons. The number of hydrogen-bond donors (Lipinski definition) is 2. The van der Waals surface area contributed by atoms with Gasteiger partial charge in [-0.3, -0.25) is 4.79 Å². The van der Waals surface area contributed by atoms with Crippen LogP contribution in [0.4, 0.5) is 5.69 Å². The van der Waals surface area contributed by atoms with Crippen LogP contribution in [-0.4, -0.2) is 18.5 Å². The van der Waals surface area contributed by atoms with Crippen molar-refractivity contribution in [3.63, 3.8) is 0 Å². The molecule has 1 unspecified atom stereocenters. The van der Waals surface area contributed by atoms with Gasteiger partial charge in [-0.05, 0) is 50.4 Å². The molecule has 1 heterocycles. The second-order valence-corrected chi connectivity index (χ2v) is 5.63. The normalized spacial score (nSPS) is 19.2. The summed E-state index contributed by atoms with van der Waals surface area (Å²) in [5.41, 5.74) is 1.85. The highest BCUT2D eigenvalue weighted by atomic mass is 35.5. The molecule has 19 heavy (non-hydrogen) atoms. The molecule has 3 nitrogen and oxygen atoms in total. The molecule has 104 valence electrons. The van der Waals surface area contributed by atoms with E-state index in [9.17, 15) is 4.79 Å². The molecule has 0 bridgehead atoms. The summed E-state index contributed by atoms with van der Waals surface area (Å²) in [6, 6.07) is 6.05. The van der Waals surface area contributed by atoms with Crippen molar-refractivity contribution in [3.05, 3.63) is 28.8 Å². The molecule has 1 saturated heterocycles. The highest BCUT2D eigenvalue weighted by molar-refractivity contribution is 6.31. The number of anilines is 1. The molecule has 0 aliphatic carbocycles. The predicted octanol–water partition coefficient (Wildman–Crippen LogP) is 3.51. The van der Waals surface area contributed by atoms with Crippen LogP contribution in [0.25, 0.3) is 0 Å². The number of benzene rings is 1. The van der Waals surface area contributed by atoms with Crippen molar-refractivity contribution in [3.8, 4) is 0 Å². The average Bonchev–Trinajstić information content (AvgIpc) is 2.42. The first-order valence-corrected chi connectivity index (χ1v) is 7.32. The highest BCUT2D eigenvalue weighted by Gasteiger charge is 2.14. The molecule has 0 aromatic heterocycles. The first-order chi connectivity index (χ1) is 9.15. The summed E-state index contributed by atoms with van der Waals surface area (Å²) in [6.45, 7) is 3.05. The number of aryl methyl sites for hydroxylation is 1. The number of rotatable bonds is 4. The molecular formula is C15H21ClN2O. The molecule has 0 spiro atoms. The number of halogens is 1. The summed E-state index contributed by atoms with van der Waals surface area (Å²) < 4.78 is 0. The van der Waals surface area contributed by atoms with E-state index in [4.69, 9.17) is 11.6 Å². The van der Waals surface area contributed by atoms with E-state index in [2.05, 4.69) is 10.6 Å². The third-order valence-electron chi connectivity index (χ3n) is 3.61. The van der Waals surface area contributed by atoms with Gasteiger partial charge in [-0.15, -0.1) is 0 Å². The maximum atomic E-state index is 11.9. The lowest BCUT2D eigenvalue weighted by Crippen LogP contribution is -2.34. The fourth-order valence-electron chi connectivity index (χ4n) is 2.42. The van der Waals surface area contributed by atoms with Crippen molar-refractivity contribution in [1.82, 2.24) is 5.32 Å². The van der Waals surface area contributed by atoms with Crippen LogP contribution in [0.1, 0.15) is 37.7 Å². The van der Waals surface area contributed by atoms with Gasteiger partial charge in [0, 0.05) is 23.2 Å². The van der Waals surface area contributed by atoms with Crippen molar-refractivity contribution < 1.29 is 4.79 Å². The largest absolute Gasteiger partial charge is 0.326 e. The molecule has 1 aliphatic heterocycles. The lowest BCUT2D eigenvalue weighted by atomic mass is 10.0. The summed E-state index contributed by atoms with van der Waals surface area (Å²) in [7, 11) is 0. The minimum Gasteiger partial charge on any atom is -0.326 e. The number of piperidine rings is 1. The monoisotopic (exact) mass is 280 g/mol. The Hall–Kier alpha value is -1.06. The zero-order valence-corrected chi connectivity index (χ0v) is 12.1. The average molecular weight is 281 g/mol. The van der Waals surface area contributed by atoms with Crippen LogP contribution in [0, 0.1) is 6.92 Å². The van der Waals surface area contributed by atoms with Gasteiger partial charge < -0.3 is 10.6 Å². The third kappa shape index (κ3) is 4.51. The van der Waals surface area contributed by atoms with Gasteiger partial charge in [0.05, 0.1) is 0 Å². The predicted molar refractivity (Wildman–Crippen MR) is 79.7 cm³/mol. The van der Waals surface area contributed by atoms with Crippen LogP contribution in [0.3, 0.4) is 0 Å². The van der Waals surface area contributed by atoms with Crippen molar-refractivity contribution in [2.75, 3.05) is 11.9 Å².